The van der Waals surface area contributed by atoms with Gasteiger partial charge in [0.1, 0.15) is 5.75 Å². The Labute approximate surface area is 149 Å². The predicted molar refractivity (Wildman–Crippen MR) is 102 cm³/mol. The van der Waals surface area contributed by atoms with E-state index in [9.17, 15) is 5.11 Å². The fraction of sp³-hybridized carbons (Fsp3) is 0.0476. The minimum Gasteiger partial charge on any atom is -0.508 e. The molecule has 0 aliphatic rings. The maximum atomic E-state index is 9.78. The maximum absolute atomic E-state index is 9.78. The summed E-state index contributed by atoms with van der Waals surface area (Å²) in [7, 11) is 2.04. The van der Waals surface area contributed by atoms with Crippen molar-refractivity contribution < 1.29 is 5.11 Å². The lowest BCUT2D eigenvalue weighted by Gasteiger charge is -2.06. The Kier molecular flexibility index (Phi) is 3.09. The summed E-state index contributed by atoms with van der Waals surface area (Å²) < 4.78 is 4.11. The number of benzene rings is 2. The Morgan fingerprint density at radius 2 is 1.85 bits per heavy atom. The molecular weight excluding hydrogens is 324 g/mol. The smallest absolute Gasteiger partial charge is 0.155 e. The summed E-state index contributed by atoms with van der Waals surface area (Å²) in [5, 5.41) is 11.0. The highest BCUT2D eigenvalue weighted by Crippen LogP contribution is 2.27. The van der Waals surface area contributed by atoms with Crippen molar-refractivity contribution in [1.29, 1.82) is 0 Å². The van der Waals surface area contributed by atoms with Crippen molar-refractivity contribution in [3.8, 4) is 28.3 Å². The van der Waals surface area contributed by atoms with Gasteiger partial charge in [-0.2, -0.15) is 0 Å². The maximum Gasteiger partial charge on any atom is 0.155 e. The molecule has 0 saturated carbocycles. The normalized spacial score (nSPS) is 11.4. The molecule has 5 nitrogen and oxygen atoms in total. The third kappa shape index (κ3) is 2.25. The van der Waals surface area contributed by atoms with Crippen LogP contribution in [0.4, 0.5) is 0 Å². The molecule has 0 amide bonds. The van der Waals surface area contributed by atoms with Gasteiger partial charge in [-0.05, 0) is 30.3 Å². The highest BCUT2D eigenvalue weighted by atomic mass is 16.3. The van der Waals surface area contributed by atoms with E-state index < -0.39 is 0 Å². The largest absolute Gasteiger partial charge is 0.508 e. The molecular formula is C21H16N4O. The number of aromatic nitrogens is 4. The molecule has 0 bridgehead atoms. The molecule has 0 radical (unpaired) electrons. The molecule has 2 aromatic carbocycles. The van der Waals surface area contributed by atoms with Crippen LogP contribution in [0.1, 0.15) is 0 Å². The zero-order chi connectivity index (χ0) is 17.7. The van der Waals surface area contributed by atoms with E-state index in [2.05, 4.69) is 45.0 Å². The molecule has 0 atom stereocenters. The summed E-state index contributed by atoms with van der Waals surface area (Å²) in [6.45, 7) is 0. The zero-order valence-corrected chi connectivity index (χ0v) is 14.2. The molecule has 126 valence electrons. The number of aromatic hydroxyl groups is 1. The average molecular weight is 340 g/mol. The van der Waals surface area contributed by atoms with Crippen molar-refractivity contribution in [3.05, 3.63) is 73.3 Å². The number of hydrogen-bond donors (Lipinski definition) is 1. The second kappa shape index (κ2) is 5.46. The van der Waals surface area contributed by atoms with Gasteiger partial charge in [-0.3, -0.25) is 9.38 Å². The molecule has 0 unspecified atom stereocenters. The van der Waals surface area contributed by atoms with Gasteiger partial charge in [-0.1, -0.05) is 18.2 Å². The summed E-state index contributed by atoms with van der Waals surface area (Å²) in [6, 6.07) is 15.6. The first-order chi connectivity index (χ1) is 12.7. The van der Waals surface area contributed by atoms with Gasteiger partial charge in [0.05, 0.1) is 23.8 Å². The average Bonchev–Trinajstić information content (AvgIpc) is 3.24. The van der Waals surface area contributed by atoms with Gasteiger partial charge in [-0.25, -0.2) is 4.98 Å². The summed E-state index contributed by atoms with van der Waals surface area (Å²) in [6.07, 6.45) is 7.62. The van der Waals surface area contributed by atoms with E-state index in [1.807, 2.05) is 29.8 Å². The van der Waals surface area contributed by atoms with E-state index >= 15 is 0 Å². The standard InChI is InChI=1S/C21H16N4O/c1-24-8-7-16-9-14(5-6-19(16)24)18-13-25-20(11-23-21(25)12-22-18)15-3-2-4-17(26)10-15/h2-13,26H,1H3. The highest BCUT2D eigenvalue weighted by Gasteiger charge is 2.10. The fourth-order valence-electron chi connectivity index (χ4n) is 3.36. The Balaban J connectivity index is 1.67. The van der Waals surface area contributed by atoms with Crippen LogP contribution in [0.25, 0.3) is 39.1 Å². The highest BCUT2D eigenvalue weighted by molar-refractivity contribution is 5.85. The molecule has 0 aliphatic carbocycles. The Hall–Kier alpha value is -3.60. The number of hydrogen-bond acceptors (Lipinski definition) is 3. The first kappa shape index (κ1) is 14.7. The monoisotopic (exact) mass is 340 g/mol. The van der Waals surface area contributed by atoms with Gasteiger partial charge < -0.3 is 9.67 Å². The molecule has 0 saturated heterocycles. The zero-order valence-electron chi connectivity index (χ0n) is 14.2. The molecule has 5 rings (SSSR count). The van der Waals surface area contributed by atoms with Crippen molar-refractivity contribution in [2.45, 2.75) is 0 Å². The number of aryl methyl sites for hydroxylation is 1. The van der Waals surface area contributed by atoms with Crippen LogP contribution < -0.4 is 0 Å². The van der Waals surface area contributed by atoms with Gasteiger partial charge >= 0.3 is 0 Å². The molecule has 3 heterocycles. The summed E-state index contributed by atoms with van der Waals surface area (Å²) in [5.74, 6) is 0.237. The molecule has 3 aromatic heterocycles. The topological polar surface area (TPSA) is 55.4 Å². The SMILES string of the molecule is Cn1ccc2cc(-c3cn4c(-c5cccc(O)c5)cnc4cn3)ccc21. The lowest BCUT2D eigenvalue weighted by atomic mass is 10.1. The number of phenolic OH excluding ortho intramolecular Hbond substituents is 1. The third-order valence-electron chi connectivity index (χ3n) is 4.72. The van der Waals surface area contributed by atoms with Crippen LogP contribution in [0.2, 0.25) is 0 Å². The summed E-state index contributed by atoms with van der Waals surface area (Å²) in [5.41, 5.74) is 5.73. The molecule has 5 heteroatoms. The lowest BCUT2D eigenvalue weighted by Crippen LogP contribution is -1.93. The number of rotatable bonds is 2. The van der Waals surface area contributed by atoms with Gasteiger partial charge in [0.25, 0.3) is 0 Å². The van der Waals surface area contributed by atoms with Gasteiger partial charge in [0, 0.05) is 41.5 Å². The van der Waals surface area contributed by atoms with Gasteiger partial charge in [0.15, 0.2) is 5.65 Å². The molecule has 1 N–H and O–H groups in total. The second-order valence-corrected chi connectivity index (χ2v) is 6.39. The molecule has 0 aliphatic heterocycles. The van der Waals surface area contributed by atoms with Crippen LogP contribution >= 0.6 is 0 Å². The third-order valence-corrected chi connectivity index (χ3v) is 4.72. The number of phenols is 1. The van der Waals surface area contributed by atoms with Gasteiger partial charge in [-0.15, -0.1) is 0 Å². The molecule has 0 fully saturated rings. The van der Waals surface area contributed by atoms with Crippen molar-refractivity contribution in [1.82, 2.24) is 18.9 Å². The predicted octanol–water partition coefficient (Wildman–Crippen LogP) is 4.26. The Morgan fingerprint density at radius 1 is 0.923 bits per heavy atom. The molecule has 5 aromatic rings. The Morgan fingerprint density at radius 3 is 2.73 bits per heavy atom. The minimum atomic E-state index is 0.237. The van der Waals surface area contributed by atoms with E-state index in [0.717, 1.165) is 28.2 Å². The Bertz CT molecular complexity index is 1270. The minimum absolute atomic E-state index is 0.237. The van der Waals surface area contributed by atoms with Crippen LogP contribution in [0.15, 0.2) is 73.3 Å². The summed E-state index contributed by atoms with van der Waals surface area (Å²) >= 11 is 0. The van der Waals surface area contributed by atoms with Crippen LogP contribution in [0.3, 0.4) is 0 Å². The fourth-order valence-corrected chi connectivity index (χ4v) is 3.36. The molecule has 0 spiro atoms. The second-order valence-electron chi connectivity index (χ2n) is 6.39. The van der Waals surface area contributed by atoms with Crippen molar-refractivity contribution in [2.24, 2.45) is 7.05 Å². The summed E-state index contributed by atoms with van der Waals surface area (Å²) in [4.78, 5) is 9.00. The van der Waals surface area contributed by atoms with Crippen molar-refractivity contribution in [3.63, 3.8) is 0 Å². The number of nitrogens with zero attached hydrogens (tertiary/aromatic N) is 4. The van der Waals surface area contributed by atoms with Crippen LogP contribution in [0, 0.1) is 0 Å². The first-order valence-corrected chi connectivity index (χ1v) is 8.37. The van der Waals surface area contributed by atoms with Crippen LogP contribution in [0.5, 0.6) is 5.75 Å². The van der Waals surface area contributed by atoms with E-state index in [4.69, 9.17) is 0 Å². The van der Waals surface area contributed by atoms with Crippen LogP contribution in [-0.4, -0.2) is 24.0 Å². The van der Waals surface area contributed by atoms with E-state index in [1.54, 1.807) is 24.5 Å². The van der Waals surface area contributed by atoms with Crippen LogP contribution in [-0.2, 0) is 7.05 Å². The quantitative estimate of drug-likeness (QED) is 0.522. The van der Waals surface area contributed by atoms with Gasteiger partial charge in [0.2, 0.25) is 0 Å². The first-order valence-electron chi connectivity index (χ1n) is 8.37. The van der Waals surface area contributed by atoms with E-state index in [-0.39, 0.29) is 5.75 Å². The van der Waals surface area contributed by atoms with E-state index in [1.165, 1.54) is 10.9 Å². The number of imidazole rings is 1. The van der Waals surface area contributed by atoms with Crippen molar-refractivity contribution in [2.75, 3.05) is 0 Å². The van der Waals surface area contributed by atoms with Crippen molar-refractivity contribution >= 4 is 16.6 Å². The lowest BCUT2D eigenvalue weighted by molar-refractivity contribution is 0.475. The number of fused-ring (bicyclic) bond motifs is 2. The van der Waals surface area contributed by atoms with E-state index in [0.29, 0.717) is 0 Å². The molecule has 26 heavy (non-hydrogen) atoms.